The first-order chi connectivity index (χ1) is 9.56. The number of hydrogen-bond acceptors (Lipinski definition) is 2. The van der Waals surface area contributed by atoms with Crippen LogP contribution in [-0.4, -0.2) is 25.0 Å². The summed E-state index contributed by atoms with van der Waals surface area (Å²) in [6.07, 6.45) is 3.76. The molecule has 0 bridgehead atoms. The van der Waals surface area contributed by atoms with Crippen LogP contribution in [0.5, 0.6) is 0 Å². The minimum atomic E-state index is 0.636. The third-order valence-electron chi connectivity index (χ3n) is 4.06. The molecular formula is C18H32N2. The van der Waals surface area contributed by atoms with Gasteiger partial charge in [0, 0.05) is 19.1 Å². The van der Waals surface area contributed by atoms with E-state index in [0.717, 1.165) is 19.0 Å². The fourth-order valence-electron chi connectivity index (χ4n) is 2.53. The van der Waals surface area contributed by atoms with E-state index in [2.05, 4.69) is 69.3 Å². The summed E-state index contributed by atoms with van der Waals surface area (Å²) in [7, 11) is 4.25. The molecule has 1 N–H and O–H groups in total. The summed E-state index contributed by atoms with van der Waals surface area (Å²) < 4.78 is 0. The molecule has 0 aliphatic rings. The maximum Gasteiger partial charge on any atom is 0.0230 e. The predicted octanol–water partition coefficient (Wildman–Crippen LogP) is 4.05. The van der Waals surface area contributed by atoms with Gasteiger partial charge >= 0.3 is 0 Å². The highest BCUT2D eigenvalue weighted by atomic mass is 15.0. The standard InChI is InChI=1S/C18H32N2/c1-6-15(3)12-18(7-2)19-13-16-10-8-9-11-17(16)14-20(4)5/h8-11,15,18-19H,6-7,12-14H2,1-5H3. The second-order valence-electron chi connectivity index (χ2n) is 6.24. The van der Waals surface area contributed by atoms with Crippen LogP contribution in [0.4, 0.5) is 0 Å². The van der Waals surface area contributed by atoms with Gasteiger partial charge in [-0.3, -0.25) is 0 Å². The zero-order valence-electron chi connectivity index (χ0n) is 13.9. The van der Waals surface area contributed by atoms with E-state index in [4.69, 9.17) is 0 Å². The summed E-state index contributed by atoms with van der Waals surface area (Å²) in [6.45, 7) is 8.92. The van der Waals surface area contributed by atoms with Crippen molar-refractivity contribution in [2.75, 3.05) is 14.1 Å². The normalized spacial score (nSPS) is 14.5. The molecule has 0 amide bonds. The average molecular weight is 276 g/mol. The van der Waals surface area contributed by atoms with Gasteiger partial charge in [0.1, 0.15) is 0 Å². The molecule has 1 aromatic rings. The SMILES string of the molecule is CCC(C)CC(CC)NCc1ccccc1CN(C)C. The molecular weight excluding hydrogens is 244 g/mol. The Balaban J connectivity index is 2.59. The minimum absolute atomic E-state index is 0.636. The molecule has 0 saturated heterocycles. The van der Waals surface area contributed by atoms with Crippen LogP contribution in [-0.2, 0) is 13.1 Å². The van der Waals surface area contributed by atoms with Crippen molar-refractivity contribution >= 4 is 0 Å². The van der Waals surface area contributed by atoms with Crippen LogP contribution < -0.4 is 5.32 Å². The van der Waals surface area contributed by atoms with E-state index in [0.29, 0.717) is 6.04 Å². The van der Waals surface area contributed by atoms with E-state index in [1.165, 1.54) is 30.4 Å². The molecule has 1 aromatic carbocycles. The first kappa shape index (κ1) is 17.2. The number of nitrogens with one attached hydrogen (secondary N) is 1. The number of hydrogen-bond donors (Lipinski definition) is 1. The largest absolute Gasteiger partial charge is 0.310 e. The van der Waals surface area contributed by atoms with Crippen molar-refractivity contribution in [1.29, 1.82) is 0 Å². The summed E-state index contributed by atoms with van der Waals surface area (Å²) in [5.41, 5.74) is 2.87. The van der Waals surface area contributed by atoms with Crippen LogP contribution in [0.15, 0.2) is 24.3 Å². The fraction of sp³-hybridized carbons (Fsp3) is 0.667. The molecule has 0 aromatic heterocycles. The van der Waals surface area contributed by atoms with E-state index in [-0.39, 0.29) is 0 Å². The molecule has 0 spiro atoms. The van der Waals surface area contributed by atoms with Gasteiger partial charge in [0.05, 0.1) is 0 Å². The zero-order valence-corrected chi connectivity index (χ0v) is 13.9. The Morgan fingerprint density at radius 3 is 2.25 bits per heavy atom. The molecule has 2 unspecified atom stereocenters. The topological polar surface area (TPSA) is 15.3 Å². The van der Waals surface area contributed by atoms with Crippen molar-refractivity contribution in [3.63, 3.8) is 0 Å². The molecule has 0 aliphatic carbocycles. The van der Waals surface area contributed by atoms with Gasteiger partial charge in [-0.05, 0) is 44.0 Å². The minimum Gasteiger partial charge on any atom is -0.310 e. The van der Waals surface area contributed by atoms with Crippen molar-refractivity contribution in [2.45, 2.75) is 59.2 Å². The van der Waals surface area contributed by atoms with Crippen molar-refractivity contribution in [3.8, 4) is 0 Å². The molecule has 20 heavy (non-hydrogen) atoms. The van der Waals surface area contributed by atoms with Gasteiger partial charge in [-0.1, -0.05) is 51.5 Å². The van der Waals surface area contributed by atoms with Crippen molar-refractivity contribution < 1.29 is 0 Å². The summed E-state index contributed by atoms with van der Waals surface area (Å²) in [5, 5.41) is 3.75. The lowest BCUT2D eigenvalue weighted by atomic mass is 9.97. The van der Waals surface area contributed by atoms with Crippen LogP contribution >= 0.6 is 0 Å². The molecule has 0 radical (unpaired) electrons. The highest BCUT2D eigenvalue weighted by Crippen LogP contribution is 2.14. The molecule has 2 heteroatoms. The second kappa shape index (κ2) is 9.15. The quantitative estimate of drug-likeness (QED) is 0.732. The third-order valence-corrected chi connectivity index (χ3v) is 4.06. The van der Waals surface area contributed by atoms with Crippen LogP contribution in [0, 0.1) is 5.92 Å². The Labute approximate surface area is 125 Å². The first-order valence-electron chi connectivity index (χ1n) is 8.01. The number of nitrogens with zero attached hydrogens (tertiary/aromatic N) is 1. The van der Waals surface area contributed by atoms with Crippen molar-refractivity contribution in [2.24, 2.45) is 5.92 Å². The van der Waals surface area contributed by atoms with Crippen molar-refractivity contribution in [3.05, 3.63) is 35.4 Å². The summed E-state index contributed by atoms with van der Waals surface area (Å²) in [6, 6.07) is 9.41. The van der Waals surface area contributed by atoms with Crippen LogP contribution in [0.1, 0.15) is 51.2 Å². The molecule has 114 valence electrons. The highest BCUT2D eigenvalue weighted by molar-refractivity contribution is 5.26. The lowest BCUT2D eigenvalue weighted by Gasteiger charge is -2.22. The van der Waals surface area contributed by atoms with E-state index in [1.807, 2.05) is 0 Å². The number of rotatable bonds is 9. The van der Waals surface area contributed by atoms with E-state index >= 15 is 0 Å². The van der Waals surface area contributed by atoms with Gasteiger partial charge < -0.3 is 10.2 Å². The molecule has 0 saturated carbocycles. The first-order valence-corrected chi connectivity index (χ1v) is 8.01. The van der Waals surface area contributed by atoms with Crippen LogP contribution in [0.25, 0.3) is 0 Å². The van der Waals surface area contributed by atoms with E-state index in [1.54, 1.807) is 0 Å². The Morgan fingerprint density at radius 1 is 1.05 bits per heavy atom. The lowest BCUT2D eigenvalue weighted by molar-refractivity contribution is 0.379. The monoisotopic (exact) mass is 276 g/mol. The van der Waals surface area contributed by atoms with Crippen molar-refractivity contribution in [1.82, 2.24) is 10.2 Å². The summed E-state index contributed by atoms with van der Waals surface area (Å²) in [5.74, 6) is 0.810. The summed E-state index contributed by atoms with van der Waals surface area (Å²) >= 11 is 0. The maximum atomic E-state index is 3.75. The zero-order chi connectivity index (χ0) is 15.0. The highest BCUT2D eigenvalue weighted by Gasteiger charge is 2.11. The molecule has 0 aliphatic heterocycles. The summed E-state index contributed by atoms with van der Waals surface area (Å²) in [4.78, 5) is 2.23. The van der Waals surface area contributed by atoms with Gasteiger partial charge in [0.15, 0.2) is 0 Å². The average Bonchev–Trinajstić information content (AvgIpc) is 2.43. The third kappa shape index (κ3) is 6.06. The fourth-order valence-corrected chi connectivity index (χ4v) is 2.53. The Hall–Kier alpha value is -0.860. The van der Waals surface area contributed by atoms with Gasteiger partial charge in [-0.25, -0.2) is 0 Å². The Bertz CT molecular complexity index is 373. The smallest absolute Gasteiger partial charge is 0.0230 e. The van der Waals surface area contributed by atoms with E-state index < -0.39 is 0 Å². The van der Waals surface area contributed by atoms with E-state index in [9.17, 15) is 0 Å². The van der Waals surface area contributed by atoms with Gasteiger partial charge in [0.2, 0.25) is 0 Å². The molecule has 2 nitrogen and oxygen atoms in total. The van der Waals surface area contributed by atoms with Crippen LogP contribution in [0.2, 0.25) is 0 Å². The maximum absolute atomic E-state index is 3.75. The number of benzene rings is 1. The van der Waals surface area contributed by atoms with Gasteiger partial charge in [-0.15, -0.1) is 0 Å². The van der Waals surface area contributed by atoms with Gasteiger partial charge in [0.25, 0.3) is 0 Å². The van der Waals surface area contributed by atoms with Gasteiger partial charge in [-0.2, -0.15) is 0 Å². The predicted molar refractivity (Wildman–Crippen MR) is 88.8 cm³/mol. The second-order valence-corrected chi connectivity index (χ2v) is 6.24. The lowest BCUT2D eigenvalue weighted by Crippen LogP contribution is -2.30. The Morgan fingerprint density at radius 2 is 1.70 bits per heavy atom. The molecule has 0 heterocycles. The van der Waals surface area contributed by atoms with Crippen LogP contribution in [0.3, 0.4) is 0 Å². The molecule has 1 rings (SSSR count). The Kier molecular flexibility index (Phi) is 7.86. The molecule has 2 atom stereocenters. The molecule has 0 fully saturated rings.